The number of carboxylic acids is 1. The molecular formula is C12H16N2O4. The Morgan fingerprint density at radius 2 is 2.11 bits per heavy atom. The summed E-state index contributed by atoms with van der Waals surface area (Å²) in [6, 6.07) is 4.67. The molecule has 0 aliphatic heterocycles. The summed E-state index contributed by atoms with van der Waals surface area (Å²) in [7, 11) is 1.50. The van der Waals surface area contributed by atoms with E-state index >= 15 is 0 Å². The number of carbonyl (C=O) groups is 2. The summed E-state index contributed by atoms with van der Waals surface area (Å²) >= 11 is 0. The van der Waals surface area contributed by atoms with Gasteiger partial charge in [0, 0.05) is 18.3 Å². The van der Waals surface area contributed by atoms with Gasteiger partial charge in [-0.2, -0.15) is 0 Å². The Kier molecular flexibility index (Phi) is 4.53. The van der Waals surface area contributed by atoms with Crippen LogP contribution < -0.4 is 10.5 Å². The van der Waals surface area contributed by atoms with Crippen molar-refractivity contribution in [3.8, 4) is 5.75 Å². The van der Waals surface area contributed by atoms with Gasteiger partial charge in [0.15, 0.2) is 0 Å². The average molecular weight is 252 g/mol. The lowest BCUT2D eigenvalue weighted by molar-refractivity contribution is -0.137. The molecule has 1 aromatic carbocycles. The molecule has 0 saturated heterocycles. The van der Waals surface area contributed by atoms with Crippen LogP contribution >= 0.6 is 0 Å². The smallest absolute Gasteiger partial charge is 0.323 e. The Morgan fingerprint density at radius 3 is 2.56 bits per heavy atom. The monoisotopic (exact) mass is 252 g/mol. The lowest BCUT2D eigenvalue weighted by Gasteiger charge is -2.19. The lowest BCUT2D eigenvalue weighted by Crippen LogP contribution is -2.35. The van der Waals surface area contributed by atoms with Gasteiger partial charge in [-0.15, -0.1) is 0 Å². The van der Waals surface area contributed by atoms with Crippen LogP contribution in [-0.2, 0) is 4.79 Å². The fourth-order valence-electron chi connectivity index (χ4n) is 1.52. The molecule has 0 unspecified atom stereocenters. The van der Waals surface area contributed by atoms with E-state index in [-0.39, 0.29) is 17.8 Å². The number of carbonyl (C=O) groups excluding carboxylic acids is 1. The van der Waals surface area contributed by atoms with Crippen molar-refractivity contribution in [2.24, 2.45) is 0 Å². The molecule has 0 saturated carbocycles. The van der Waals surface area contributed by atoms with Gasteiger partial charge in [0.25, 0.3) is 5.91 Å². The van der Waals surface area contributed by atoms with Crippen molar-refractivity contribution in [2.45, 2.75) is 6.92 Å². The van der Waals surface area contributed by atoms with Crippen molar-refractivity contribution in [2.75, 3.05) is 25.9 Å². The number of likely N-dealkylation sites (N-methyl/N-ethyl adjacent to an activating group) is 1. The minimum atomic E-state index is -1.06. The number of nitrogens with zero attached hydrogens (tertiary/aromatic N) is 1. The third kappa shape index (κ3) is 3.13. The first-order chi connectivity index (χ1) is 8.49. The van der Waals surface area contributed by atoms with E-state index in [1.807, 2.05) is 0 Å². The van der Waals surface area contributed by atoms with Gasteiger partial charge in [-0.3, -0.25) is 9.59 Å². The topological polar surface area (TPSA) is 92.9 Å². The Hall–Kier alpha value is -2.24. The minimum Gasteiger partial charge on any atom is -0.497 e. The maximum absolute atomic E-state index is 12.1. The van der Waals surface area contributed by atoms with Crippen molar-refractivity contribution < 1.29 is 19.4 Å². The fourth-order valence-corrected chi connectivity index (χ4v) is 1.52. The molecule has 0 fully saturated rings. The van der Waals surface area contributed by atoms with Crippen LogP contribution in [0.2, 0.25) is 0 Å². The first-order valence-electron chi connectivity index (χ1n) is 5.44. The molecule has 6 heteroatoms. The normalized spacial score (nSPS) is 9.89. The molecule has 1 amide bonds. The van der Waals surface area contributed by atoms with Crippen LogP contribution in [0.15, 0.2) is 18.2 Å². The molecule has 3 N–H and O–H groups in total. The van der Waals surface area contributed by atoms with Crippen molar-refractivity contribution in [3.63, 3.8) is 0 Å². The SMILES string of the molecule is CCN(CC(=O)O)C(=O)c1ccc(OC)cc1N. The van der Waals surface area contributed by atoms with Crippen LogP contribution in [0.5, 0.6) is 5.75 Å². The van der Waals surface area contributed by atoms with Gasteiger partial charge < -0.3 is 20.5 Å². The van der Waals surface area contributed by atoms with E-state index in [0.29, 0.717) is 12.3 Å². The second-order valence-electron chi connectivity index (χ2n) is 3.67. The number of carboxylic acid groups (broad SMARTS) is 1. The van der Waals surface area contributed by atoms with Gasteiger partial charge in [-0.1, -0.05) is 0 Å². The highest BCUT2D eigenvalue weighted by atomic mass is 16.5. The Bertz CT molecular complexity index is 459. The highest BCUT2D eigenvalue weighted by Crippen LogP contribution is 2.20. The zero-order valence-electron chi connectivity index (χ0n) is 10.3. The first-order valence-corrected chi connectivity index (χ1v) is 5.44. The summed E-state index contributed by atoms with van der Waals surface area (Å²) < 4.78 is 4.98. The number of nitrogen functional groups attached to an aromatic ring is 1. The average Bonchev–Trinajstić information content (AvgIpc) is 2.34. The number of nitrogens with two attached hydrogens (primary N) is 1. The molecule has 0 aromatic heterocycles. The van der Waals surface area contributed by atoms with Gasteiger partial charge in [-0.25, -0.2) is 0 Å². The Labute approximate surface area is 105 Å². The quantitative estimate of drug-likeness (QED) is 0.757. The van der Waals surface area contributed by atoms with Crippen LogP contribution in [-0.4, -0.2) is 42.1 Å². The lowest BCUT2D eigenvalue weighted by atomic mass is 10.1. The van der Waals surface area contributed by atoms with Crippen LogP contribution in [0.4, 0.5) is 5.69 Å². The van der Waals surface area contributed by atoms with E-state index < -0.39 is 11.9 Å². The van der Waals surface area contributed by atoms with E-state index in [0.717, 1.165) is 0 Å². The van der Waals surface area contributed by atoms with E-state index in [4.69, 9.17) is 15.6 Å². The highest BCUT2D eigenvalue weighted by Gasteiger charge is 2.19. The number of hydrogen-bond acceptors (Lipinski definition) is 4. The molecule has 18 heavy (non-hydrogen) atoms. The predicted molar refractivity (Wildman–Crippen MR) is 66.6 cm³/mol. The second-order valence-corrected chi connectivity index (χ2v) is 3.67. The first kappa shape index (κ1) is 13.8. The van der Waals surface area contributed by atoms with E-state index in [1.54, 1.807) is 13.0 Å². The standard InChI is InChI=1S/C12H16N2O4/c1-3-14(7-11(15)16)12(17)9-5-4-8(18-2)6-10(9)13/h4-6H,3,7,13H2,1-2H3,(H,15,16). The molecule has 0 aliphatic rings. The third-order valence-corrected chi connectivity index (χ3v) is 2.48. The number of hydrogen-bond donors (Lipinski definition) is 2. The number of aliphatic carboxylic acids is 1. The van der Waals surface area contributed by atoms with Gasteiger partial charge in [0.2, 0.25) is 0 Å². The molecule has 1 rings (SSSR count). The van der Waals surface area contributed by atoms with Crippen molar-refractivity contribution in [1.29, 1.82) is 0 Å². The third-order valence-electron chi connectivity index (χ3n) is 2.48. The van der Waals surface area contributed by atoms with Crippen LogP contribution in [0.3, 0.4) is 0 Å². The van der Waals surface area contributed by atoms with E-state index in [2.05, 4.69) is 0 Å². The molecule has 0 atom stereocenters. The molecule has 1 aromatic rings. The largest absolute Gasteiger partial charge is 0.497 e. The van der Waals surface area contributed by atoms with E-state index in [1.165, 1.54) is 24.1 Å². The molecular weight excluding hydrogens is 236 g/mol. The van der Waals surface area contributed by atoms with Gasteiger partial charge in [0.05, 0.1) is 12.7 Å². The van der Waals surface area contributed by atoms with Crippen LogP contribution in [0.1, 0.15) is 17.3 Å². The Balaban J connectivity index is 2.98. The zero-order valence-corrected chi connectivity index (χ0v) is 10.3. The van der Waals surface area contributed by atoms with Gasteiger partial charge in [0.1, 0.15) is 12.3 Å². The maximum Gasteiger partial charge on any atom is 0.323 e. The molecule has 98 valence electrons. The summed E-state index contributed by atoms with van der Waals surface area (Å²) in [5.74, 6) is -0.914. The summed E-state index contributed by atoms with van der Waals surface area (Å²) in [5.41, 5.74) is 6.29. The van der Waals surface area contributed by atoms with Crippen molar-refractivity contribution in [1.82, 2.24) is 4.90 Å². The molecule has 0 aliphatic carbocycles. The van der Waals surface area contributed by atoms with Crippen LogP contribution in [0, 0.1) is 0 Å². The van der Waals surface area contributed by atoms with Crippen LogP contribution in [0.25, 0.3) is 0 Å². The number of anilines is 1. The maximum atomic E-state index is 12.1. The molecule has 6 nitrogen and oxygen atoms in total. The van der Waals surface area contributed by atoms with Crippen molar-refractivity contribution >= 4 is 17.6 Å². The predicted octanol–water partition coefficient (Wildman–Crippen LogP) is 0.824. The number of ether oxygens (including phenoxy) is 1. The van der Waals surface area contributed by atoms with E-state index in [9.17, 15) is 9.59 Å². The summed E-state index contributed by atoms with van der Waals surface area (Å²) in [6.07, 6.45) is 0. The summed E-state index contributed by atoms with van der Waals surface area (Å²) in [6.45, 7) is 1.66. The number of benzene rings is 1. The summed E-state index contributed by atoms with van der Waals surface area (Å²) in [4.78, 5) is 23.9. The van der Waals surface area contributed by atoms with Gasteiger partial charge >= 0.3 is 5.97 Å². The molecule has 0 bridgehead atoms. The Morgan fingerprint density at radius 1 is 1.44 bits per heavy atom. The minimum absolute atomic E-state index is 0.267. The number of methoxy groups -OCH3 is 1. The number of amides is 1. The highest BCUT2D eigenvalue weighted by molar-refractivity contribution is 6.00. The van der Waals surface area contributed by atoms with Crippen molar-refractivity contribution in [3.05, 3.63) is 23.8 Å². The number of rotatable bonds is 5. The zero-order chi connectivity index (χ0) is 13.7. The summed E-state index contributed by atoms with van der Waals surface area (Å²) in [5, 5.41) is 8.72. The molecule has 0 heterocycles. The molecule has 0 spiro atoms. The van der Waals surface area contributed by atoms with Gasteiger partial charge in [-0.05, 0) is 19.1 Å². The molecule has 0 radical (unpaired) electrons. The fraction of sp³-hybridized carbons (Fsp3) is 0.333. The second kappa shape index (κ2) is 5.90.